The monoisotopic (exact) mass is 254 g/mol. The Kier molecular flexibility index (Phi) is 3.86. The first-order valence-corrected chi connectivity index (χ1v) is 6.13. The second kappa shape index (κ2) is 5.39. The maximum absolute atomic E-state index is 11.4. The molecule has 2 heterocycles. The summed E-state index contributed by atoms with van der Waals surface area (Å²) in [6.45, 7) is 5.51. The van der Waals surface area contributed by atoms with Gasteiger partial charge in [-0.05, 0) is 26.7 Å². The average molecular weight is 254 g/mol. The molecule has 2 rings (SSSR count). The van der Waals surface area contributed by atoms with Crippen LogP contribution < -0.4 is 5.32 Å². The maximum Gasteiger partial charge on any atom is 0.360 e. The van der Waals surface area contributed by atoms with E-state index in [1.54, 1.807) is 6.92 Å². The topological polar surface area (TPSA) is 73.6 Å². The molecule has 1 atom stereocenters. The molecule has 6 heteroatoms. The summed E-state index contributed by atoms with van der Waals surface area (Å²) in [5, 5.41) is 3.03. The van der Waals surface area contributed by atoms with Crippen LogP contribution in [0.1, 0.15) is 37.2 Å². The second-order valence-electron chi connectivity index (χ2n) is 4.51. The third kappa shape index (κ3) is 3.01. The largest absolute Gasteiger partial charge is 0.461 e. The highest BCUT2D eigenvalue weighted by atomic mass is 16.5. The molecule has 100 valence electrons. The quantitative estimate of drug-likeness (QED) is 0.808. The van der Waals surface area contributed by atoms with Gasteiger partial charge in [-0.1, -0.05) is 0 Å². The maximum atomic E-state index is 11.4. The SMILES string of the molecule is CCOC(=O)c1coc(NCC2(C)CCCO2)n1. The van der Waals surface area contributed by atoms with Crippen molar-refractivity contribution < 1.29 is 18.7 Å². The van der Waals surface area contributed by atoms with Crippen molar-refractivity contribution in [3.8, 4) is 0 Å². The molecule has 0 aliphatic carbocycles. The summed E-state index contributed by atoms with van der Waals surface area (Å²) < 4.78 is 15.6. The van der Waals surface area contributed by atoms with Crippen molar-refractivity contribution in [2.75, 3.05) is 25.1 Å². The van der Waals surface area contributed by atoms with Crippen LogP contribution in [-0.2, 0) is 9.47 Å². The third-order valence-electron chi connectivity index (χ3n) is 2.90. The lowest BCUT2D eigenvalue weighted by Crippen LogP contribution is -2.32. The molecule has 1 unspecified atom stereocenters. The smallest absolute Gasteiger partial charge is 0.360 e. The van der Waals surface area contributed by atoms with Crippen LogP contribution in [0.3, 0.4) is 0 Å². The van der Waals surface area contributed by atoms with Crippen LogP contribution in [0, 0.1) is 0 Å². The number of aromatic nitrogens is 1. The molecule has 0 aromatic carbocycles. The number of hydrogen-bond acceptors (Lipinski definition) is 6. The summed E-state index contributed by atoms with van der Waals surface area (Å²) in [6, 6.07) is 0.315. The summed E-state index contributed by atoms with van der Waals surface area (Å²) in [5.74, 6) is -0.474. The van der Waals surface area contributed by atoms with Gasteiger partial charge in [0, 0.05) is 13.2 Å². The Morgan fingerprint density at radius 3 is 3.17 bits per heavy atom. The molecule has 1 saturated heterocycles. The van der Waals surface area contributed by atoms with E-state index in [-0.39, 0.29) is 11.3 Å². The molecule has 1 aromatic rings. The Labute approximate surface area is 106 Å². The molecule has 1 aliphatic rings. The van der Waals surface area contributed by atoms with Crippen LogP contribution in [0.5, 0.6) is 0 Å². The Morgan fingerprint density at radius 2 is 2.50 bits per heavy atom. The van der Waals surface area contributed by atoms with E-state index < -0.39 is 5.97 Å². The van der Waals surface area contributed by atoms with Gasteiger partial charge in [-0.3, -0.25) is 0 Å². The molecule has 0 radical (unpaired) electrons. The molecule has 0 amide bonds. The lowest BCUT2D eigenvalue weighted by molar-refractivity contribution is 0.0311. The minimum Gasteiger partial charge on any atom is -0.461 e. The first-order valence-electron chi connectivity index (χ1n) is 6.13. The van der Waals surface area contributed by atoms with Gasteiger partial charge in [0.1, 0.15) is 6.26 Å². The van der Waals surface area contributed by atoms with Gasteiger partial charge >= 0.3 is 5.97 Å². The van der Waals surface area contributed by atoms with E-state index in [0.29, 0.717) is 19.2 Å². The molecule has 0 spiro atoms. The van der Waals surface area contributed by atoms with E-state index in [4.69, 9.17) is 13.9 Å². The van der Waals surface area contributed by atoms with Crippen LogP contribution in [0.4, 0.5) is 6.01 Å². The predicted octanol–water partition coefficient (Wildman–Crippen LogP) is 1.83. The van der Waals surface area contributed by atoms with Gasteiger partial charge in [0.2, 0.25) is 0 Å². The van der Waals surface area contributed by atoms with Crippen LogP contribution in [0.15, 0.2) is 10.7 Å². The lowest BCUT2D eigenvalue weighted by Gasteiger charge is -2.22. The molecule has 6 nitrogen and oxygen atoms in total. The number of oxazole rings is 1. The van der Waals surface area contributed by atoms with E-state index in [2.05, 4.69) is 10.3 Å². The summed E-state index contributed by atoms with van der Waals surface area (Å²) in [6.07, 6.45) is 3.36. The number of esters is 1. The Balaban J connectivity index is 1.88. The number of anilines is 1. The van der Waals surface area contributed by atoms with Crippen molar-refractivity contribution in [3.63, 3.8) is 0 Å². The summed E-state index contributed by atoms with van der Waals surface area (Å²) in [7, 11) is 0. The van der Waals surface area contributed by atoms with Crippen LogP contribution in [0.25, 0.3) is 0 Å². The van der Waals surface area contributed by atoms with Crippen LogP contribution in [0.2, 0.25) is 0 Å². The summed E-state index contributed by atoms with van der Waals surface area (Å²) in [4.78, 5) is 15.4. The van der Waals surface area contributed by atoms with E-state index in [9.17, 15) is 4.79 Å². The van der Waals surface area contributed by atoms with Gasteiger partial charge in [-0.2, -0.15) is 4.98 Å². The van der Waals surface area contributed by atoms with E-state index in [1.165, 1.54) is 6.26 Å². The molecular weight excluding hydrogens is 236 g/mol. The first-order chi connectivity index (χ1) is 8.63. The molecule has 0 bridgehead atoms. The van der Waals surface area contributed by atoms with Crippen molar-refractivity contribution in [2.24, 2.45) is 0 Å². The van der Waals surface area contributed by atoms with E-state index >= 15 is 0 Å². The molecule has 1 N–H and O–H groups in total. The molecule has 1 fully saturated rings. The van der Waals surface area contributed by atoms with Crippen LogP contribution in [-0.4, -0.2) is 36.3 Å². The molecule has 1 aliphatic heterocycles. The fraction of sp³-hybridized carbons (Fsp3) is 0.667. The first kappa shape index (κ1) is 12.9. The van der Waals surface area contributed by atoms with Gasteiger partial charge in [-0.25, -0.2) is 4.79 Å². The highest BCUT2D eigenvalue weighted by molar-refractivity contribution is 5.87. The standard InChI is InChI=1S/C12H18N2O4/c1-3-16-10(15)9-7-17-11(14-9)13-8-12(2)5-4-6-18-12/h7H,3-6,8H2,1-2H3,(H,13,14). The Bertz CT molecular complexity index is 410. The normalized spacial score (nSPS) is 23.0. The van der Waals surface area contributed by atoms with Crippen molar-refractivity contribution in [3.05, 3.63) is 12.0 Å². The Morgan fingerprint density at radius 1 is 1.67 bits per heavy atom. The second-order valence-corrected chi connectivity index (χ2v) is 4.51. The van der Waals surface area contributed by atoms with Gasteiger partial charge < -0.3 is 19.2 Å². The zero-order valence-corrected chi connectivity index (χ0v) is 10.7. The van der Waals surface area contributed by atoms with E-state index in [1.807, 2.05) is 6.92 Å². The van der Waals surface area contributed by atoms with Crippen molar-refractivity contribution in [2.45, 2.75) is 32.3 Å². The fourth-order valence-electron chi connectivity index (χ4n) is 1.89. The average Bonchev–Trinajstić information content (AvgIpc) is 2.96. The minimum absolute atomic E-state index is 0.178. The summed E-state index contributed by atoms with van der Waals surface area (Å²) >= 11 is 0. The highest BCUT2D eigenvalue weighted by Crippen LogP contribution is 2.25. The van der Waals surface area contributed by atoms with Gasteiger partial charge in [0.15, 0.2) is 5.69 Å². The minimum atomic E-state index is -0.474. The number of nitrogens with one attached hydrogen (secondary N) is 1. The van der Waals surface area contributed by atoms with Crippen molar-refractivity contribution in [1.29, 1.82) is 0 Å². The Hall–Kier alpha value is -1.56. The zero-order chi connectivity index (χ0) is 13.0. The van der Waals surface area contributed by atoms with Crippen molar-refractivity contribution in [1.82, 2.24) is 4.98 Å². The number of ether oxygens (including phenoxy) is 2. The zero-order valence-electron chi connectivity index (χ0n) is 10.7. The van der Waals surface area contributed by atoms with Gasteiger partial charge in [0.05, 0.1) is 12.2 Å². The number of carbonyl (C=O) groups excluding carboxylic acids is 1. The molecule has 0 saturated carbocycles. The number of carbonyl (C=O) groups is 1. The highest BCUT2D eigenvalue weighted by Gasteiger charge is 2.30. The molecule has 18 heavy (non-hydrogen) atoms. The predicted molar refractivity (Wildman–Crippen MR) is 64.5 cm³/mol. The number of rotatable bonds is 5. The third-order valence-corrected chi connectivity index (χ3v) is 2.90. The summed E-state index contributed by atoms with van der Waals surface area (Å²) in [5.41, 5.74) is -0.00435. The van der Waals surface area contributed by atoms with Gasteiger partial charge in [0.25, 0.3) is 6.01 Å². The molecular formula is C12H18N2O4. The van der Waals surface area contributed by atoms with Crippen molar-refractivity contribution >= 4 is 12.0 Å². The number of nitrogens with zero attached hydrogens (tertiary/aromatic N) is 1. The fourth-order valence-corrected chi connectivity index (χ4v) is 1.89. The van der Waals surface area contributed by atoms with E-state index in [0.717, 1.165) is 19.4 Å². The number of hydrogen-bond donors (Lipinski definition) is 1. The molecule has 1 aromatic heterocycles. The lowest BCUT2D eigenvalue weighted by atomic mass is 10.0. The van der Waals surface area contributed by atoms with Crippen LogP contribution >= 0.6 is 0 Å². The van der Waals surface area contributed by atoms with Gasteiger partial charge in [-0.15, -0.1) is 0 Å².